The molecule has 0 N–H and O–H groups in total. The minimum absolute atomic E-state index is 0.604. The van der Waals surface area contributed by atoms with Crippen LogP contribution in [0.5, 0.6) is 0 Å². The van der Waals surface area contributed by atoms with E-state index in [0.29, 0.717) is 13.8 Å². The Kier molecular flexibility index (Phi) is 2.06. The molecule has 0 rings (SSSR count). The SMILES string of the molecule is CC(C)(OF)C(F)(F)F. The van der Waals surface area contributed by atoms with Gasteiger partial charge in [0.05, 0.1) is 0 Å². The van der Waals surface area contributed by atoms with Gasteiger partial charge in [-0.25, -0.2) is 0 Å². The van der Waals surface area contributed by atoms with E-state index in [4.69, 9.17) is 0 Å². The molecule has 1 nitrogen and oxygen atoms in total. The number of halogens is 4. The summed E-state index contributed by atoms with van der Waals surface area (Å²) in [7, 11) is 0. The molecule has 0 aliphatic carbocycles. The molecule has 9 heavy (non-hydrogen) atoms. The monoisotopic (exact) mass is 146 g/mol. The van der Waals surface area contributed by atoms with Crippen molar-refractivity contribution in [1.82, 2.24) is 0 Å². The van der Waals surface area contributed by atoms with Gasteiger partial charge in [0.25, 0.3) is 0 Å². The fourth-order valence-corrected chi connectivity index (χ4v) is 0.0437. The Hall–Kier alpha value is -0.320. The lowest BCUT2D eigenvalue weighted by atomic mass is 10.1. The first-order chi connectivity index (χ1) is 3.81. The van der Waals surface area contributed by atoms with Crippen molar-refractivity contribution in [2.45, 2.75) is 25.6 Å². The van der Waals surface area contributed by atoms with Crippen LogP contribution in [0.2, 0.25) is 0 Å². The minimum Gasteiger partial charge on any atom is -0.178 e. The van der Waals surface area contributed by atoms with Crippen LogP contribution in [0.1, 0.15) is 13.8 Å². The molecule has 0 fully saturated rings. The van der Waals surface area contributed by atoms with Gasteiger partial charge in [0.2, 0.25) is 0 Å². The van der Waals surface area contributed by atoms with Crippen molar-refractivity contribution in [3.63, 3.8) is 0 Å². The second kappa shape index (κ2) is 2.13. The van der Waals surface area contributed by atoms with Crippen molar-refractivity contribution in [2.24, 2.45) is 0 Å². The summed E-state index contributed by atoms with van der Waals surface area (Å²) in [6.07, 6.45) is -4.65. The normalized spacial score (nSPS) is 14.0. The van der Waals surface area contributed by atoms with Gasteiger partial charge in [-0.05, 0) is 18.4 Å². The highest BCUT2D eigenvalue weighted by Gasteiger charge is 2.50. The second-order valence-electron chi connectivity index (χ2n) is 2.09. The summed E-state index contributed by atoms with van der Waals surface area (Å²) in [5.74, 6) is 0. The Balaban J connectivity index is 4.14. The average Bonchev–Trinajstić information content (AvgIpc) is 1.64. The van der Waals surface area contributed by atoms with E-state index in [1.165, 1.54) is 0 Å². The van der Waals surface area contributed by atoms with Crippen LogP contribution in [-0.2, 0) is 4.94 Å². The maximum absolute atomic E-state index is 11.5. The molecule has 0 bridgehead atoms. The Morgan fingerprint density at radius 2 is 1.44 bits per heavy atom. The Bertz CT molecular complexity index is 95.2. The van der Waals surface area contributed by atoms with Crippen molar-refractivity contribution < 1.29 is 22.6 Å². The van der Waals surface area contributed by atoms with Crippen LogP contribution in [0.4, 0.5) is 17.7 Å². The summed E-state index contributed by atoms with van der Waals surface area (Å²) in [6.45, 7) is 1.21. The van der Waals surface area contributed by atoms with E-state index in [9.17, 15) is 17.7 Å². The zero-order valence-electron chi connectivity index (χ0n) is 4.92. The van der Waals surface area contributed by atoms with Crippen LogP contribution < -0.4 is 0 Å². The van der Waals surface area contributed by atoms with E-state index in [1.807, 2.05) is 0 Å². The first kappa shape index (κ1) is 8.68. The Morgan fingerprint density at radius 1 is 1.11 bits per heavy atom. The molecule has 5 heteroatoms. The van der Waals surface area contributed by atoms with Gasteiger partial charge in [-0.2, -0.15) is 18.1 Å². The molecule has 0 saturated carbocycles. The zero-order valence-corrected chi connectivity index (χ0v) is 4.92. The molecule has 0 spiro atoms. The Labute approximate surface area is 49.5 Å². The highest BCUT2D eigenvalue weighted by Crippen LogP contribution is 2.32. The van der Waals surface area contributed by atoms with Crippen molar-refractivity contribution >= 4 is 0 Å². The molecule has 0 aromatic heterocycles. The first-order valence-electron chi connectivity index (χ1n) is 2.18. The number of hydrogen-bond donors (Lipinski definition) is 0. The maximum atomic E-state index is 11.5. The smallest absolute Gasteiger partial charge is 0.178 e. The number of alkyl halides is 3. The quantitative estimate of drug-likeness (QED) is 0.515. The van der Waals surface area contributed by atoms with Crippen molar-refractivity contribution in [1.29, 1.82) is 0 Å². The first-order valence-corrected chi connectivity index (χ1v) is 2.18. The van der Waals surface area contributed by atoms with E-state index < -0.39 is 11.8 Å². The topological polar surface area (TPSA) is 9.23 Å². The van der Waals surface area contributed by atoms with E-state index in [0.717, 1.165) is 0 Å². The fourth-order valence-electron chi connectivity index (χ4n) is 0.0437. The number of hydrogen-bond acceptors (Lipinski definition) is 1. The molecule has 0 aliphatic heterocycles. The lowest BCUT2D eigenvalue weighted by Crippen LogP contribution is -2.39. The third-order valence-corrected chi connectivity index (χ3v) is 0.876. The number of rotatable bonds is 1. The summed E-state index contributed by atoms with van der Waals surface area (Å²) in [4.78, 5) is 2.68. The van der Waals surface area contributed by atoms with Crippen LogP contribution in [0.3, 0.4) is 0 Å². The van der Waals surface area contributed by atoms with E-state index >= 15 is 0 Å². The molecule has 0 atom stereocenters. The van der Waals surface area contributed by atoms with Crippen molar-refractivity contribution in [3.05, 3.63) is 0 Å². The molecule has 0 unspecified atom stereocenters. The van der Waals surface area contributed by atoms with Gasteiger partial charge in [-0.15, -0.1) is 0 Å². The fraction of sp³-hybridized carbons (Fsp3) is 1.00. The standard InChI is InChI=1S/C4H6F4O/c1-3(2,9-8)4(5,6)7/h1-2H3. The van der Waals surface area contributed by atoms with Crippen LogP contribution in [-0.4, -0.2) is 11.8 Å². The van der Waals surface area contributed by atoms with Crippen molar-refractivity contribution in [3.8, 4) is 0 Å². The summed E-state index contributed by atoms with van der Waals surface area (Å²) in [6, 6.07) is 0. The predicted molar refractivity (Wildman–Crippen MR) is 22.3 cm³/mol. The Morgan fingerprint density at radius 3 is 1.44 bits per heavy atom. The van der Waals surface area contributed by atoms with Crippen LogP contribution in [0.25, 0.3) is 0 Å². The molecular weight excluding hydrogens is 140 g/mol. The summed E-state index contributed by atoms with van der Waals surface area (Å²) in [5, 5.41) is 0. The lowest BCUT2D eigenvalue weighted by Gasteiger charge is -2.21. The van der Waals surface area contributed by atoms with Crippen molar-refractivity contribution in [2.75, 3.05) is 0 Å². The highest BCUT2D eigenvalue weighted by atomic mass is 19.4. The van der Waals surface area contributed by atoms with Gasteiger partial charge >= 0.3 is 6.18 Å². The molecule has 0 saturated heterocycles. The summed E-state index contributed by atoms with van der Waals surface area (Å²) in [5.41, 5.74) is -2.69. The third-order valence-electron chi connectivity index (χ3n) is 0.876. The van der Waals surface area contributed by atoms with Gasteiger partial charge in [-0.3, -0.25) is 0 Å². The molecule has 56 valence electrons. The van der Waals surface area contributed by atoms with E-state index in [1.54, 1.807) is 0 Å². The molecule has 0 aromatic rings. The molecule has 0 aliphatic rings. The third kappa shape index (κ3) is 1.82. The summed E-state index contributed by atoms with van der Waals surface area (Å²) < 4.78 is 45.5. The zero-order chi connectivity index (χ0) is 7.71. The van der Waals surface area contributed by atoms with Crippen LogP contribution in [0, 0.1) is 0 Å². The molecule has 0 heterocycles. The predicted octanol–water partition coefficient (Wildman–Crippen LogP) is 2.23. The minimum atomic E-state index is -4.65. The van der Waals surface area contributed by atoms with Gasteiger partial charge in [0, 0.05) is 0 Å². The van der Waals surface area contributed by atoms with Gasteiger partial charge in [0.15, 0.2) is 5.60 Å². The molecule has 0 amide bonds. The highest BCUT2D eigenvalue weighted by molar-refractivity contribution is 4.75. The van der Waals surface area contributed by atoms with Crippen LogP contribution >= 0.6 is 0 Å². The summed E-state index contributed by atoms with van der Waals surface area (Å²) >= 11 is 0. The largest absolute Gasteiger partial charge is 0.420 e. The van der Waals surface area contributed by atoms with Gasteiger partial charge < -0.3 is 0 Å². The lowest BCUT2D eigenvalue weighted by molar-refractivity contribution is -0.338. The second-order valence-corrected chi connectivity index (χ2v) is 2.09. The molecule has 0 radical (unpaired) electrons. The van der Waals surface area contributed by atoms with Crippen LogP contribution in [0.15, 0.2) is 0 Å². The average molecular weight is 146 g/mol. The molecular formula is C4H6F4O. The molecule has 0 aromatic carbocycles. The van der Waals surface area contributed by atoms with E-state index in [-0.39, 0.29) is 0 Å². The maximum Gasteiger partial charge on any atom is 0.420 e. The van der Waals surface area contributed by atoms with Gasteiger partial charge in [-0.1, -0.05) is 0 Å². The van der Waals surface area contributed by atoms with Gasteiger partial charge in [0.1, 0.15) is 0 Å². The van der Waals surface area contributed by atoms with E-state index in [2.05, 4.69) is 4.94 Å².